The molecule has 0 unspecified atom stereocenters. The maximum absolute atomic E-state index is 2.67. The lowest BCUT2D eigenvalue weighted by atomic mass is 9.34. The Hall–Kier alpha value is -17.4. The van der Waals surface area contributed by atoms with E-state index < -0.39 is 0 Å². The van der Waals surface area contributed by atoms with E-state index in [1.165, 1.54) is 302 Å². The highest BCUT2D eigenvalue weighted by molar-refractivity contribution is 7.01. The van der Waals surface area contributed by atoms with Crippen LogP contribution in [0.1, 0.15) is 0 Å². The highest BCUT2D eigenvalue weighted by atomic mass is 15.0. The van der Waals surface area contributed by atoms with E-state index in [1.807, 2.05) is 0 Å². The molecule has 0 radical (unpaired) electrons. The average Bonchev–Trinajstić information content (AvgIpc) is 1.49. The second kappa shape index (κ2) is 25.8. The molecule has 9 aromatic heterocycles. The number of para-hydroxylation sites is 9. The summed E-state index contributed by atoms with van der Waals surface area (Å²) in [5.41, 5.74) is 46.0. The van der Waals surface area contributed by atoms with Crippen LogP contribution in [0.15, 0.2) is 431 Å². The van der Waals surface area contributed by atoms with Crippen molar-refractivity contribution in [3.63, 3.8) is 0 Å². The zero-order valence-electron chi connectivity index (χ0n) is 72.9. The molecule has 0 fully saturated rings. The largest absolute Gasteiger partial charge is 0.310 e. The van der Waals surface area contributed by atoms with Gasteiger partial charge >= 0.3 is 0 Å². The summed E-state index contributed by atoms with van der Waals surface area (Å²) >= 11 is 0. The Morgan fingerprint density at radius 1 is 0.141 bits per heavy atom. The lowest BCUT2D eigenvalue weighted by molar-refractivity contribution is 1.19. The van der Waals surface area contributed by atoms with E-state index in [-0.39, 0.29) is 20.1 Å². The first-order valence-corrected chi connectivity index (χ1v) is 47.4. The third kappa shape index (κ3) is 9.09. The number of hydrogen-bond donors (Lipinski definition) is 0. The van der Waals surface area contributed by atoms with Crippen LogP contribution in [0.3, 0.4) is 0 Å². The van der Waals surface area contributed by atoms with Gasteiger partial charge in [-0.3, -0.25) is 0 Å². The first kappa shape index (κ1) is 71.5. The highest BCUT2D eigenvalue weighted by Gasteiger charge is 2.43. The fraction of sp³-hybridized carbons (Fsp3) is 0. The summed E-state index contributed by atoms with van der Waals surface area (Å²) in [6, 6.07) is 166. The second-order valence-electron chi connectivity index (χ2n) is 38.2. The molecule has 12 heterocycles. The molecule has 0 saturated carbocycles. The van der Waals surface area contributed by atoms with E-state index >= 15 is 0 Å². The van der Waals surface area contributed by atoms with E-state index in [9.17, 15) is 0 Å². The van der Waals surface area contributed by atoms with Crippen molar-refractivity contribution >= 4 is 249 Å². The predicted molar refractivity (Wildman–Crippen MR) is 574 cm³/mol. The maximum atomic E-state index is 2.67. The van der Waals surface area contributed by atoms with Crippen LogP contribution < -0.4 is 49.2 Å². The van der Waals surface area contributed by atoms with Crippen LogP contribution in [0.25, 0.3) is 252 Å². The van der Waals surface area contributed by atoms with E-state index in [2.05, 4.69) is 458 Å². The van der Waals surface area contributed by atoms with Crippen LogP contribution in [0.5, 0.6) is 0 Å². The van der Waals surface area contributed by atoms with Gasteiger partial charge in [0.15, 0.2) is 0 Å². The summed E-state index contributed by atoms with van der Waals surface area (Å²) in [6.07, 6.45) is 0. The van der Waals surface area contributed by atoms with Crippen LogP contribution in [0.4, 0.5) is 0 Å². The number of fused-ring (bicyclic) bond motifs is 34. The van der Waals surface area contributed by atoms with E-state index in [1.54, 1.807) is 0 Å². The van der Waals surface area contributed by atoms with Crippen molar-refractivity contribution in [2.45, 2.75) is 0 Å². The summed E-state index contributed by atoms with van der Waals surface area (Å²) in [6.45, 7) is -0.312. The van der Waals surface area contributed by atoms with Gasteiger partial charge < -0.3 is 26.9 Å². The molecule has 614 valence electrons. The lowest BCUT2D eigenvalue weighted by Crippen LogP contribution is -2.56. The molecule has 0 amide bonds. The third-order valence-electron chi connectivity index (χ3n) is 32.0. The average molecular weight is 1700 g/mol. The molecule has 21 aromatic carbocycles. The van der Waals surface area contributed by atoms with Gasteiger partial charge in [0.1, 0.15) is 0 Å². The van der Waals surface area contributed by atoms with Gasteiger partial charge in [-0.15, -0.1) is 0 Å². The first-order chi connectivity index (χ1) is 67.0. The minimum Gasteiger partial charge on any atom is -0.310 e. The second-order valence-corrected chi connectivity index (χ2v) is 38.2. The molecule has 0 aliphatic carbocycles. The van der Waals surface area contributed by atoms with E-state index in [4.69, 9.17) is 0 Å². The summed E-state index contributed by atoms with van der Waals surface area (Å²) in [7, 11) is 0. The SMILES string of the molecule is c1ccc(-c2ccccc2B2c3cc4c(cc3-n3c5ccccc5c5cccc2c53)c2cccc3c5cc(-c6ccc7c(c6)c6cccc8c6n7-c6cc7c(cc6B8c6ccc(-c8ccc9c%10cccc%11c%10n(c9c8)-c8cc9c%10ccccc%10n%10c%12ccccc%12c(c8B%11c8ccccc8-c8ccccc8)c9%10)cc6-c6ccccc6)c6cccc8c9ccccc9n7c86)ccc5n4c32)cc1. The van der Waals surface area contributed by atoms with Crippen molar-refractivity contribution in [3.05, 3.63) is 431 Å². The Morgan fingerprint density at radius 2 is 0.481 bits per heavy atom. The molecule has 6 nitrogen and oxygen atoms in total. The number of hydrogen-bond acceptors (Lipinski definition) is 0. The Labute approximate surface area is 773 Å². The van der Waals surface area contributed by atoms with Gasteiger partial charge in [-0.2, -0.15) is 0 Å². The van der Waals surface area contributed by atoms with Gasteiger partial charge in [0, 0.05) is 131 Å². The van der Waals surface area contributed by atoms with Crippen LogP contribution in [-0.4, -0.2) is 47.0 Å². The molecule has 0 spiro atoms. The van der Waals surface area contributed by atoms with Gasteiger partial charge in [-0.05, 0) is 173 Å². The van der Waals surface area contributed by atoms with E-state index in [0.29, 0.717) is 0 Å². The molecular weight excluding hydrogens is 1630 g/mol. The smallest absolute Gasteiger partial charge is 0.248 e. The number of aromatic nitrogens is 6. The number of rotatable bonds is 8. The predicted octanol–water partition coefficient (Wildman–Crippen LogP) is 25.3. The Kier molecular flexibility index (Phi) is 13.7. The quantitative estimate of drug-likeness (QED) is 0.136. The van der Waals surface area contributed by atoms with Crippen molar-refractivity contribution in [1.82, 2.24) is 26.9 Å². The highest BCUT2D eigenvalue weighted by Crippen LogP contribution is 2.50. The molecule has 0 saturated heterocycles. The molecule has 3 aliphatic rings. The fourth-order valence-electron chi connectivity index (χ4n) is 26.7. The molecule has 0 N–H and O–H groups in total. The Morgan fingerprint density at radius 3 is 1.09 bits per heavy atom. The van der Waals surface area contributed by atoms with Crippen LogP contribution >= 0.6 is 0 Å². The van der Waals surface area contributed by atoms with Gasteiger partial charge in [0.05, 0.1) is 66.2 Å². The molecule has 3 aliphatic heterocycles. The third-order valence-corrected chi connectivity index (χ3v) is 32.0. The molecule has 30 aromatic rings. The standard InChI is InChI=1S/C126H71B3N6/c1-4-27-72(28-5-1)79-33-10-16-46-99(79)127-102-48-24-43-86-82-36-13-19-52-108(82)133(123(86)102)116-68-97-90-42-23-40-88-94-64-76(57-61-111(94)132(122(88)90)114(97)70-106(116)127)77-58-62-112-95(65-77)91-45-26-49-103-125(91)134(112)117-71-115-96(89-41-22-39-85-81-35-12-18-51-107(81)131(115)121(85)89)67-105(117)128(103)101-60-56-75(63-93(101)74-31-8-3-9-32-74)78-55-59-84-87-44-25-50-104-124(87)135(113(84)66-78)118-69-98-83-37-14-20-53-109(83)130-110-54-21-15-38-92(110)119(126(98)130)120(118)129(104)100-47-17-11-34-80(100)73-29-6-2-7-30-73/h1-71H. The minimum atomic E-state index is -0.177. The van der Waals surface area contributed by atoms with Gasteiger partial charge in [-0.25, -0.2) is 0 Å². The van der Waals surface area contributed by atoms with E-state index in [0.717, 1.165) is 0 Å². The molecule has 0 bridgehead atoms. The van der Waals surface area contributed by atoms with Crippen LogP contribution in [-0.2, 0) is 0 Å². The van der Waals surface area contributed by atoms with Crippen molar-refractivity contribution in [2.24, 2.45) is 0 Å². The Bertz CT molecular complexity index is 10600. The summed E-state index contributed by atoms with van der Waals surface area (Å²) in [5.74, 6) is 0. The number of nitrogens with zero attached hydrogens (tertiary/aromatic N) is 6. The molecule has 135 heavy (non-hydrogen) atoms. The summed E-state index contributed by atoms with van der Waals surface area (Å²) < 4.78 is 15.6. The zero-order chi connectivity index (χ0) is 87.2. The van der Waals surface area contributed by atoms with Gasteiger partial charge in [0.2, 0.25) is 20.1 Å². The normalized spacial score (nSPS) is 13.1. The van der Waals surface area contributed by atoms with Crippen molar-refractivity contribution in [2.75, 3.05) is 0 Å². The topological polar surface area (TPSA) is 28.0 Å². The minimum absolute atomic E-state index is 0.0395. The van der Waals surface area contributed by atoms with Crippen LogP contribution in [0, 0.1) is 0 Å². The van der Waals surface area contributed by atoms with Gasteiger partial charge in [-0.1, -0.05) is 362 Å². The van der Waals surface area contributed by atoms with Crippen LogP contribution in [0.2, 0.25) is 0 Å². The van der Waals surface area contributed by atoms with Crippen molar-refractivity contribution in [3.8, 4) is 72.7 Å². The number of benzene rings is 21. The lowest BCUT2D eigenvalue weighted by Gasteiger charge is -2.29. The zero-order valence-corrected chi connectivity index (χ0v) is 72.9. The fourth-order valence-corrected chi connectivity index (χ4v) is 26.7. The summed E-state index contributed by atoms with van der Waals surface area (Å²) in [4.78, 5) is 0. The molecule has 9 heteroatoms. The monoisotopic (exact) mass is 1700 g/mol. The maximum Gasteiger partial charge on any atom is 0.248 e. The van der Waals surface area contributed by atoms with Gasteiger partial charge in [0.25, 0.3) is 0 Å². The van der Waals surface area contributed by atoms with Crippen molar-refractivity contribution in [1.29, 1.82) is 0 Å². The Balaban J connectivity index is 0.578. The molecular formula is C126H71B3N6. The summed E-state index contributed by atoms with van der Waals surface area (Å²) in [5, 5.41) is 22.8. The molecule has 0 atom stereocenters. The molecule has 33 rings (SSSR count). The van der Waals surface area contributed by atoms with Crippen molar-refractivity contribution < 1.29 is 0 Å². The first-order valence-electron chi connectivity index (χ1n) is 47.4.